The van der Waals surface area contributed by atoms with Gasteiger partial charge < -0.3 is 9.64 Å². The molecule has 0 unspecified atom stereocenters. The van der Waals surface area contributed by atoms with Crippen molar-refractivity contribution >= 4 is 17.2 Å². The number of ether oxygens (including phenoxy) is 1. The summed E-state index contributed by atoms with van der Waals surface area (Å²) in [5, 5.41) is 11.2. The van der Waals surface area contributed by atoms with E-state index in [9.17, 15) is 14.9 Å². The molecule has 0 amide bonds. The van der Waals surface area contributed by atoms with E-state index in [1.165, 1.54) is 12.1 Å². The van der Waals surface area contributed by atoms with Crippen LogP contribution in [0.5, 0.6) is 0 Å². The van der Waals surface area contributed by atoms with Crippen molar-refractivity contribution in [2.24, 2.45) is 0 Å². The number of ketones is 1. The number of non-ortho nitro benzene ring substituents is 1. The van der Waals surface area contributed by atoms with Crippen LogP contribution >= 0.6 is 0 Å². The van der Waals surface area contributed by atoms with Crippen LogP contribution in [0.15, 0.2) is 36.4 Å². The van der Waals surface area contributed by atoms with Crippen LogP contribution < -0.4 is 4.90 Å². The highest BCUT2D eigenvalue weighted by atomic mass is 16.6. The Morgan fingerprint density at radius 1 is 1.08 bits per heavy atom. The van der Waals surface area contributed by atoms with Crippen molar-refractivity contribution in [2.75, 3.05) is 31.2 Å². The van der Waals surface area contributed by atoms with Crippen LogP contribution in [0.25, 0.3) is 0 Å². The van der Waals surface area contributed by atoms with E-state index < -0.39 is 4.92 Å². The number of rotatable bonds is 4. The second-order valence-electron chi connectivity index (χ2n) is 6.21. The third-order valence-corrected chi connectivity index (χ3v) is 4.41. The Balaban J connectivity index is 2.09. The maximum Gasteiger partial charge on any atom is 0.270 e. The highest BCUT2D eigenvalue weighted by Gasteiger charge is 2.23. The van der Waals surface area contributed by atoms with Crippen molar-refractivity contribution in [1.29, 1.82) is 0 Å². The molecule has 1 heterocycles. The number of hydrogen-bond donors (Lipinski definition) is 0. The third-order valence-electron chi connectivity index (χ3n) is 4.41. The molecule has 0 aromatic heterocycles. The van der Waals surface area contributed by atoms with Crippen molar-refractivity contribution in [3.8, 4) is 0 Å². The number of morpholine rings is 1. The SMILES string of the molecule is Cc1ccc(C(=O)c2cc([N+](=O)[O-])ccc2N2CCOCC2)c(C)c1. The lowest BCUT2D eigenvalue weighted by Gasteiger charge is -2.30. The number of carbonyl (C=O) groups excluding carboxylic acids is 1. The van der Waals surface area contributed by atoms with Gasteiger partial charge in [0.05, 0.1) is 23.7 Å². The van der Waals surface area contributed by atoms with Gasteiger partial charge in [-0.25, -0.2) is 0 Å². The predicted molar refractivity (Wildman–Crippen MR) is 95.5 cm³/mol. The molecule has 1 aliphatic rings. The number of hydrogen-bond acceptors (Lipinski definition) is 5. The van der Waals surface area contributed by atoms with Gasteiger partial charge in [-0.15, -0.1) is 0 Å². The lowest BCUT2D eigenvalue weighted by atomic mass is 9.95. The van der Waals surface area contributed by atoms with Crippen LogP contribution in [0.2, 0.25) is 0 Å². The van der Waals surface area contributed by atoms with Gasteiger partial charge in [0.1, 0.15) is 0 Å². The molecule has 1 fully saturated rings. The molecule has 0 N–H and O–H groups in total. The smallest absolute Gasteiger partial charge is 0.270 e. The highest BCUT2D eigenvalue weighted by molar-refractivity contribution is 6.13. The molecule has 0 aliphatic carbocycles. The maximum absolute atomic E-state index is 13.1. The fourth-order valence-electron chi connectivity index (χ4n) is 3.11. The molecule has 0 radical (unpaired) electrons. The summed E-state index contributed by atoms with van der Waals surface area (Å²) in [6.45, 7) is 6.32. The Morgan fingerprint density at radius 2 is 1.80 bits per heavy atom. The zero-order valence-corrected chi connectivity index (χ0v) is 14.3. The monoisotopic (exact) mass is 340 g/mol. The first-order valence-electron chi connectivity index (χ1n) is 8.20. The van der Waals surface area contributed by atoms with Gasteiger partial charge >= 0.3 is 0 Å². The van der Waals surface area contributed by atoms with E-state index in [1.807, 2.05) is 30.9 Å². The van der Waals surface area contributed by atoms with Crippen molar-refractivity contribution in [2.45, 2.75) is 13.8 Å². The number of aryl methyl sites for hydroxylation is 2. The molecule has 6 nitrogen and oxygen atoms in total. The molecule has 2 aromatic carbocycles. The Hall–Kier alpha value is -2.73. The van der Waals surface area contributed by atoms with Crippen LogP contribution in [0.4, 0.5) is 11.4 Å². The summed E-state index contributed by atoms with van der Waals surface area (Å²) in [4.78, 5) is 25.9. The first-order valence-corrected chi connectivity index (χ1v) is 8.20. The molecule has 0 saturated carbocycles. The molecule has 0 bridgehead atoms. The van der Waals surface area contributed by atoms with E-state index in [0.29, 0.717) is 37.4 Å². The second kappa shape index (κ2) is 7.03. The van der Waals surface area contributed by atoms with Gasteiger partial charge in [0.25, 0.3) is 5.69 Å². The van der Waals surface area contributed by atoms with E-state index >= 15 is 0 Å². The minimum absolute atomic E-state index is 0.0786. The summed E-state index contributed by atoms with van der Waals surface area (Å²) in [7, 11) is 0. The van der Waals surface area contributed by atoms with E-state index in [2.05, 4.69) is 0 Å². The van der Waals surface area contributed by atoms with E-state index in [-0.39, 0.29) is 11.5 Å². The Labute approximate surface area is 146 Å². The molecule has 6 heteroatoms. The average Bonchev–Trinajstić information content (AvgIpc) is 2.61. The number of benzene rings is 2. The molecule has 3 rings (SSSR count). The third kappa shape index (κ3) is 3.53. The molecule has 0 atom stereocenters. The lowest BCUT2D eigenvalue weighted by Crippen LogP contribution is -2.37. The van der Waals surface area contributed by atoms with Gasteiger partial charge in [-0.3, -0.25) is 14.9 Å². The van der Waals surface area contributed by atoms with E-state index in [4.69, 9.17) is 4.74 Å². The number of nitrogens with zero attached hydrogens (tertiary/aromatic N) is 2. The lowest BCUT2D eigenvalue weighted by molar-refractivity contribution is -0.384. The zero-order valence-electron chi connectivity index (χ0n) is 14.3. The Kier molecular flexibility index (Phi) is 4.81. The molecular weight excluding hydrogens is 320 g/mol. The summed E-state index contributed by atoms with van der Waals surface area (Å²) in [5.41, 5.74) is 3.51. The van der Waals surface area contributed by atoms with Crippen molar-refractivity contribution in [3.05, 3.63) is 68.8 Å². The van der Waals surface area contributed by atoms with Gasteiger partial charge in [-0.1, -0.05) is 23.8 Å². The largest absolute Gasteiger partial charge is 0.378 e. The maximum atomic E-state index is 13.1. The predicted octanol–water partition coefficient (Wildman–Crippen LogP) is 3.28. The van der Waals surface area contributed by atoms with Crippen molar-refractivity contribution in [3.63, 3.8) is 0 Å². The summed E-state index contributed by atoms with van der Waals surface area (Å²) in [5.74, 6) is -0.192. The van der Waals surface area contributed by atoms with E-state index in [1.54, 1.807) is 12.1 Å². The molecule has 25 heavy (non-hydrogen) atoms. The molecule has 0 spiro atoms. The van der Waals surface area contributed by atoms with Crippen molar-refractivity contribution < 1.29 is 14.5 Å². The van der Waals surface area contributed by atoms with Crippen LogP contribution in [0.1, 0.15) is 27.0 Å². The summed E-state index contributed by atoms with van der Waals surface area (Å²) >= 11 is 0. The normalized spacial score (nSPS) is 14.4. The molecule has 1 saturated heterocycles. The number of carbonyl (C=O) groups is 1. The Morgan fingerprint density at radius 3 is 2.44 bits per heavy atom. The summed E-state index contributed by atoms with van der Waals surface area (Å²) in [6.07, 6.45) is 0. The van der Waals surface area contributed by atoms with Gasteiger partial charge in [0.15, 0.2) is 5.78 Å². The topological polar surface area (TPSA) is 72.7 Å². The number of nitro groups is 1. The minimum Gasteiger partial charge on any atom is -0.378 e. The van der Waals surface area contributed by atoms with Gasteiger partial charge in [-0.05, 0) is 25.5 Å². The van der Waals surface area contributed by atoms with Gasteiger partial charge in [0, 0.05) is 36.5 Å². The zero-order chi connectivity index (χ0) is 18.0. The molecule has 2 aromatic rings. The fourth-order valence-corrected chi connectivity index (χ4v) is 3.11. The molecule has 130 valence electrons. The quantitative estimate of drug-likeness (QED) is 0.485. The standard InChI is InChI=1S/C19H20N2O4/c1-13-3-5-16(14(2)11-13)19(22)17-12-15(21(23)24)4-6-18(17)20-7-9-25-10-8-20/h3-6,11-12H,7-10H2,1-2H3. The summed E-state index contributed by atoms with van der Waals surface area (Å²) < 4.78 is 5.37. The highest BCUT2D eigenvalue weighted by Crippen LogP contribution is 2.29. The first kappa shape index (κ1) is 17.1. The van der Waals surface area contributed by atoms with E-state index in [0.717, 1.165) is 16.8 Å². The minimum atomic E-state index is -0.470. The Bertz CT molecular complexity index is 826. The number of anilines is 1. The first-order chi connectivity index (χ1) is 12.0. The van der Waals surface area contributed by atoms with Crippen LogP contribution in [0, 0.1) is 24.0 Å². The van der Waals surface area contributed by atoms with Crippen LogP contribution in [0.3, 0.4) is 0 Å². The van der Waals surface area contributed by atoms with Crippen LogP contribution in [-0.4, -0.2) is 37.0 Å². The van der Waals surface area contributed by atoms with Gasteiger partial charge in [-0.2, -0.15) is 0 Å². The number of nitro benzene ring substituents is 1. The second-order valence-corrected chi connectivity index (χ2v) is 6.21. The molecule has 1 aliphatic heterocycles. The molecular formula is C19H20N2O4. The average molecular weight is 340 g/mol. The van der Waals surface area contributed by atoms with Crippen LogP contribution in [-0.2, 0) is 4.74 Å². The van der Waals surface area contributed by atoms with Crippen molar-refractivity contribution in [1.82, 2.24) is 0 Å². The fraction of sp³-hybridized carbons (Fsp3) is 0.316. The summed E-state index contributed by atoms with van der Waals surface area (Å²) in [6, 6.07) is 10.1. The van der Waals surface area contributed by atoms with Gasteiger partial charge in [0.2, 0.25) is 0 Å².